The topological polar surface area (TPSA) is 56.1 Å². The van der Waals surface area contributed by atoms with E-state index >= 15 is 0 Å². The van der Waals surface area contributed by atoms with Gasteiger partial charge in [-0.15, -0.1) is 0 Å². The molecule has 0 saturated heterocycles. The van der Waals surface area contributed by atoms with Crippen LogP contribution in [0, 0.1) is 0 Å². The smallest absolute Gasteiger partial charge is 0.250 e. The average Bonchev–Trinajstić information content (AvgIpc) is 2.10. The fraction of sp³-hybridized carbons (Fsp3) is 0.375. The number of thiol groups is 1. The summed E-state index contributed by atoms with van der Waals surface area (Å²) in [5, 5.41) is 0. The number of hydrogen-bond acceptors (Lipinski definition) is 3. The lowest BCUT2D eigenvalue weighted by Crippen LogP contribution is -2.18. The minimum absolute atomic E-state index is 0.116. The molecule has 0 aliphatic heterocycles. The van der Waals surface area contributed by atoms with E-state index in [1.54, 1.807) is 12.3 Å². The molecule has 0 aromatic carbocycles. The second kappa shape index (κ2) is 5.31. The first-order chi connectivity index (χ1) is 6.59. The highest BCUT2D eigenvalue weighted by Gasteiger charge is 1.97. The van der Waals surface area contributed by atoms with E-state index in [0.29, 0.717) is 13.0 Å². The average molecular weight is 280 g/mol. The minimum Gasteiger partial charge on any atom is -0.314 e. The van der Waals surface area contributed by atoms with E-state index in [0.717, 1.165) is 4.47 Å². The lowest BCUT2D eigenvalue weighted by molar-refractivity contribution is 0.600. The van der Waals surface area contributed by atoms with Crippen molar-refractivity contribution in [2.75, 3.05) is 5.75 Å². The Morgan fingerprint density at radius 2 is 2.07 bits per heavy atom. The summed E-state index contributed by atoms with van der Waals surface area (Å²) in [5.74, 6) is 0.119. The van der Waals surface area contributed by atoms with Gasteiger partial charge >= 0.3 is 0 Å². The first-order valence-corrected chi connectivity index (χ1v) is 6.23. The van der Waals surface area contributed by atoms with Crippen LogP contribution < -0.4 is 5.56 Å². The first kappa shape index (κ1) is 11.5. The molecule has 78 valence electrons. The summed E-state index contributed by atoms with van der Waals surface area (Å²) in [5.41, 5.74) is -0.116. The van der Waals surface area contributed by atoms with Gasteiger partial charge in [0, 0.05) is 29.0 Å². The molecular formula is C8H10BrNO3S. The van der Waals surface area contributed by atoms with Crippen LogP contribution in [-0.4, -0.2) is 18.7 Å². The zero-order valence-electron chi connectivity index (χ0n) is 7.35. The maximum Gasteiger partial charge on any atom is 0.250 e. The lowest BCUT2D eigenvalue weighted by Gasteiger charge is -2.03. The molecule has 0 unspecified atom stereocenters. The monoisotopic (exact) mass is 279 g/mol. The standard InChI is InChI=1S/C8H10BrNO3S/c9-7-2-3-8(11)10(6-7)4-1-5-14(12)13/h2-3,6,14H,1,4-5H2. The molecule has 1 heterocycles. The summed E-state index contributed by atoms with van der Waals surface area (Å²) in [7, 11) is -2.34. The van der Waals surface area contributed by atoms with Crippen LogP contribution in [0.4, 0.5) is 0 Å². The molecule has 0 radical (unpaired) electrons. The van der Waals surface area contributed by atoms with Crippen molar-refractivity contribution >= 4 is 26.6 Å². The summed E-state index contributed by atoms with van der Waals surface area (Å²) < 4.78 is 22.9. The molecule has 0 saturated carbocycles. The molecule has 0 amide bonds. The van der Waals surface area contributed by atoms with Gasteiger partial charge in [0.2, 0.25) is 0 Å². The number of rotatable bonds is 4. The van der Waals surface area contributed by atoms with Crippen molar-refractivity contribution in [1.82, 2.24) is 4.57 Å². The van der Waals surface area contributed by atoms with E-state index in [9.17, 15) is 13.2 Å². The van der Waals surface area contributed by atoms with Crippen LogP contribution >= 0.6 is 15.9 Å². The van der Waals surface area contributed by atoms with E-state index in [2.05, 4.69) is 15.9 Å². The normalized spacial score (nSPS) is 10.7. The second-order valence-electron chi connectivity index (χ2n) is 2.79. The van der Waals surface area contributed by atoms with Crippen LogP contribution in [0.1, 0.15) is 6.42 Å². The molecule has 4 nitrogen and oxygen atoms in total. The fourth-order valence-corrected chi connectivity index (χ4v) is 1.83. The molecule has 0 spiro atoms. The zero-order valence-corrected chi connectivity index (χ0v) is 9.83. The third kappa shape index (κ3) is 3.63. The highest BCUT2D eigenvalue weighted by atomic mass is 79.9. The molecule has 0 bridgehead atoms. The molecule has 0 aliphatic rings. The van der Waals surface area contributed by atoms with Gasteiger partial charge in [-0.05, 0) is 28.4 Å². The van der Waals surface area contributed by atoms with Crippen LogP contribution in [-0.2, 0) is 17.2 Å². The zero-order chi connectivity index (χ0) is 10.6. The Balaban J connectivity index is 2.67. The van der Waals surface area contributed by atoms with Gasteiger partial charge in [0.1, 0.15) is 10.7 Å². The number of aromatic nitrogens is 1. The number of nitrogens with zero attached hydrogens (tertiary/aromatic N) is 1. The van der Waals surface area contributed by atoms with E-state index in [1.807, 2.05) is 0 Å². The molecular weight excluding hydrogens is 270 g/mol. The van der Waals surface area contributed by atoms with Gasteiger partial charge in [0.05, 0.1) is 0 Å². The Labute approximate surface area is 91.6 Å². The van der Waals surface area contributed by atoms with Gasteiger partial charge in [-0.25, -0.2) is 8.42 Å². The quantitative estimate of drug-likeness (QED) is 0.822. The third-order valence-corrected chi connectivity index (χ3v) is 2.84. The van der Waals surface area contributed by atoms with Crippen molar-refractivity contribution < 1.29 is 8.42 Å². The lowest BCUT2D eigenvalue weighted by atomic mass is 10.4. The first-order valence-electron chi connectivity index (χ1n) is 4.07. The Kier molecular flexibility index (Phi) is 4.34. The van der Waals surface area contributed by atoms with Crippen molar-refractivity contribution in [2.45, 2.75) is 13.0 Å². The van der Waals surface area contributed by atoms with Gasteiger partial charge in [-0.3, -0.25) is 4.79 Å². The molecule has 1 rings (SSSR count). The van der Waals surface area contributed by atoms with Crippen molar-refractivity contribution in [1.29, 1.82) is 0 Å². The number of pyridine rings is 1. The summed E-state index contributed by atoms with van der Waals surface area (Å²) >= 11 is 3.24. The van der Waals surface area contributed by atoms with Gasteiger partial charge < -0.3 is 4.57 Å². The Morgan fingerprint density at radius 3 is 2.71 bits per heavy atom. The Bertz CT molecular complexity index is 430. The Morgan fingerprint density at radius 1 is 1.36 bits per heavy atom. The minimum atomic E-state index is -2.34. The summed E-state index contributed by atoms with van der Waals surface area (Å²) in [6.07, 6.45) is 2.12. The van der Waals surface area contributed by atoms with Crippen molar-refractivity contribution in [3.05, 3.63) is 33.2 Å². The summed E-state index contributed by atoms with van der Waals surface area (Å²) in [4.78, 5) is 11.2. The predicted molar refractivity (Wildman–Crippen MR) is 58.2 cm³/mol. The highest BCUT2D eigenvalue weighted by Crippen LogP contribution is 2.04. The van der Waals surface area contributed by atoms with E-state index in [-0.39, 0.29) is 11.3 Å². The number of hydrogen-bond donors (Lipinski definition) is 1. The molecule has 1 aromatic rings. The van der Waals surface area contributed by atoms with Gasteiger partial charge in [0.25, 0.3) is 5.56 Å². The van der Waals surface area contributed by atoms with Crippen LogP contribution in [0.25, 0.3) is 0 Å². The summed E-state index contributed by atoms with van der Waals surface area (Å²) in [6.45, 7) is 0.432. The predicted octanol–water partition coefficient (Wildman–Crippen LogP) is 0.612. The number of halogens is 1. The van der Waals surface area contributed by atoms with E-state index < -0.39 is 10.7 Å². The molecule has 0 fully saturated rings. The van der Waals surface area contributed by atoms with Crippen LogP contribution in [0.15, 0.2) is 27.6 Å². The van der Waals surface area contributed by atoms with Gasteiger partial charge in [-0.2, -0.15) is 0 Å². The molecule has 0 N–H and O–H groups in total. The molecule has 6 heteroatoms. The van der Waals surface area contributed by atoms with Gasteiger partial charge in [0.15, 0.2) is 0 Å². The molecule has 1 aromatic heterocycles. The fourth-order valence-electron chi connectivity index (χ4n) is 1.05. The van der Waals surface area contributed by atoms with E-state index in [1.165, 1.54) is 10.6 Å². The summed E-state index contributed by atoms with van der Waals surface area (Å²) in [6, 6.07) is 3.11. The van der Waals surface area contributed by atoms with Crippen molar-refractivity contribution in [3.63, 3.8) is 0 Å². The highest BCUT2D eigenvalue weighted by molar-refractivity contribution is 9.10. The van der Waals surface area contributed by atoms with Crippen LogP contribution in [0.5, 0.6) is 0 Å². The largest absolute Gasteiger partial charge is 0.314 e. The molecule has 14 heavy (non-hydrogen) atoms. The third-order valence-electron chi connectivity index (χ3n) is 1.69. The SMILES string of the molecule is O=c1ccc(Br)cn1CCC[SH](=O)=O. The van der Waals surface area contributed by atoms with Crippen LogP contribution in [0.2, 0.25) is 0 Å². The molecule has 0 atom stereocenters. The van der Waals surface area contributed by atoms with Gasteiger partial charge in [-0.1, -0.05) is 0 Å². The second-order valence-corrected chi connectivity index (χ2v) is 4.82. The van der Waals surface area contributed by atoms with Crippen molar-refractivity contribution in [3.8, 4) is 0 Å². The van der Waals surface area contributed by atoms with Crippen LogP contribution in [0.3, 0.4) is 0 Å². The maximum atomic E-state index is 11.2. The van der Waals surface area contributed by atoms with E-state index in [4.69, 9.17) is 0 Å². The van der Waals surface area contributed by atoms with Crippen molar-refractivity contribution in [2.24, 2.45) is 0 Å². The molecule has 0 aliphatic carbocycles. The maximum absolute atomic E-state index is 11.2. The number of aryl methyl sites for hydroxylation is 1. The Hall–Kier alpha value is -0.620.